The minimum absolute atomic E-state index is 0.127. The van der Waals surface area contributed by atoms with Gasteiger partial charge in [0.05, 0.1) is 6.21 Å². The standard InChI is InChI=1S/C12H7F4N3/c13-8-5-9(14)11(16)12(10(8)15)19-18-6-7-1-3-17-4-2-7/h1-6,19H. The minimum Gasteiger partial charge on any atom is -0.272 e. The quantitative estimate of drug-likeness (QED) is 0.402. The minimum atomic E-state index is -1.54. The molecule has 2 rings (SSSR count). The van der Waals surface area contributed by atoms with E-state index in [-0.39, 0.29) is 6.07 Å². The van der Waals surface area contributed by atoms with Crippen molar-refractivity contribution in [3.05, 3.63) is 59.4 Å². The molecule has 7 heteroatoms. The third kappa shape index (κ3) is 2.87. The number of rotatable bonds is 3. The van der Waals surface area contributed by atoms with Crippen molar-refractivity contribution >= 4 is 11.9 Å². The van der Waals surface area contributed by atoms with Crippen LogP contribution in [0.2, 0.25) is 0 Å². The summed E-state index contributed by atoms with van der Waals surface area (Å²) in [5.74, 6) is -6.07. The molecule has 0 aliphatic heterocycles. The second kappa shape index (κ2) is 5.47. The first-order valence-corrected chi connectivity index (χ1v) is 5.11. The van der Waals surface area contributed by atoms with E-state index in [4.69, 9.17) is 0 Å². The highest BCUT2D eigenvalue weighted by Gasteiger charge is 2.18. The molecule has 1 N–H and O–H groups in total. The average Bonchev–Trinajstić information content (AvgIpc) is 2.42. The fourth-order valence-electron chi connectivity index (χ4n) is 1.29. The number of aromatic nitrogens is 1. The average molecular weight is 269 g/mol. The van der Waals surface area contributed by atoms with Gasteiger partial charge in [-0.3, -0.25) is 10.4 Å². The Morgan fingerprint density at radius 1 is 1.00 bits per heavy atom. The van der Waals surface area contributed by atoms with Crippen LogP contribution in [0.5, 0.6) is 0 Å². The lowest BCUT2D eigenvalue weighted by molar-refractivity contribution is 0.458. The van der Waals surface area contributed by atoms with Gasteiger partial charge in [-0.2, -0.15) is 5.10 Å². The Bertz CT molecular complexity index is 588. The van der Waals surface area contributed by atoms with Gasteiger partial charge in [0, 0.05) is 18.5 Å². The number of hydrazone groups is 1. The van der Waals surface area contributed by atoms with Gasteiger partial charge in [0.1, 0.15) is 5.69 Å². The van der Waals surface area contributed by atoms with Gasteiger partial charge in [-0.1, -0.05) is 0 Å². The number of anilines is 1. The molecule has 0 spiro atoms. The van der Waals surface area contributed by atoms with Crippen molar-refractivity contribution in [2.75, 3.05) is 5.43 Å². The Morgan fingerprint density at radius 2 is 1.58 bits per heavy atom. The Balaban J connectivity index is 2.23. The van der Waals surface area contributed by atoms with Crippen molar-refractivity contribution in [1.82, 2.24) is 4.98 Å². The first kappa shape index (κ1) is 13.0. The highest BCUT2D eigenvalue weighted by atomic mass is 19.2. The third-order valence-corrected chi connectivity index (χ3v) is 2.21. The van der Waals surface area contributed by atoms with Crippen LogP contribution in [0.4, 0.5) is 23.2 Å². The summed E-state index contributed by atoms with van der Waals surface area (Å²) in [6.45, 7) is 0. The number of benzene rings is 1. The molecule has 2 aromatic rings. The summed E-state index contributed by atoms with van der Waals surface area (Å²) in [4.78, 5) is 3.76. The van der Waals surface area contributed by atoms with Crippen LogP contribution in [0.15, 0.2) is 35.7 Å². The van der Waals surface area contributed by atoms with Crippen LogP contribution in [0.1, 0.15) is 5.56 Å². The zero-order valence-corrected chi connectivity index (χ0v) is 9.37. The summed E-state index contributed by atoms with van der Waals surface area (Å²) in [6.07, 6.45) is 4.21. The maximum absolute atomic E-state index is 13.2. The highest BCUT2D eigenvalue weighted by molar-refractivity contribution is 5.79. The summed E-state index contributed by atoms with van der Waals surface area (Å²) in [6, 6.07) is 3.30. The molecule has 0 aliphatic carbocycles. The maximum atomic E-state index is 13.2. The lowest BCUT2D eigenvalue weighted by Crippen LogP contribution is -2.02. The van der Waals surface area contributed by atoms with E-state index >= 15 is 0 Å². The first-order chi connectivity index (χ1) is 9.09. The maximum Gasteiger partial charge on any atom is 0.186 e. The summed E-state index contributed by atoms with van der Waals surface area (Å²) < 4.78 is 52.3. The van der Waals surface area contributed by atoms with Crippen molar-refractivity contribution in [2.45, 2.75) is 0 Å². The lowest BCUT2D eigenvalue weighted by atomic mass is 10.2. The molecule has 19 heavy (non-hydrogen) atoms. The molecule has 0 aliphatic rings. The molecule has 0 unspecified atom stereocenters. The van der Waals surface area contributed by atoms with Crippen molar-refractivity contribution in [3.8, 4) is 0 Å². The molecule has 0 atom stereocenters. The van der Waals surface area contributed by atoms with Gasteiger partial charge >= 0.3 is 0 Å². The molecule has 0 saturated heterocycles. The molecule has 0 radical (unpaired) electrons. The van der Waals surface area contributed by atoms with E-state index in [9.17, 15) is 17.6 Å². The monoisotopic (exact) mass is 269 g/mol. The van der Waals surface area contributed by atoms with Crippen LogP contribution in [-0.2, 0) is 0 Å². The second-order valence-electron chi connectivity index (χ2n) is 3.49. The van der Waals surface area contributed by atoms with E-state index in [1.54, 1.807) is 12.1 Å². The van der Waals surface area contributed by atoms with Crippen LogP contribution in [0.25, 0.3) is 0 Å². The molecule has 98 valence electrons. The van der Waals surface area contributed by atoms with Crippen molar-refractivity contribution < 1.29 is 17.6 Å². The van der Waals surface area contributed by atoms with E-state index in [0.29, 0.717) is 5.56 Å². The zero-order valence-electron chi connectivity index (χ0n) is 9.37. The Labute approximate surface area is 105 Å². The van der Waals surface area contributed by atoms with Crippen LogP contribution in [0, 0.1) is 23.3 Å². The Kier molecular flexibility index (Phi) is 3.74. The summed E-state index contributed by atoms with van der Waals surface area (Å²) in [7, 11) is 0. The van der Waals surface area contributed by atoms with E-state index < -0.39 is 29.0 Å². The van der Waals surface area contributed by atoms with E-state index in [0.717, 1.165) is 0 Å². The van der Waals surface area contributed by atoms with Gasteiger partial charge in [0.15, 0.2) is 23.3 Å². The van der Waals surface area contributed by atoms with E-state index in [2.05, 4.69) is 10.1 Å². The molecule has 1 aromatic heterocycles. The third-order valence-electron chi connectivity index (χ3n) is 2.21. The van der Waals surface area contributed by atoms with Gasteiger partial charge in [-0.15, -0.1) is 0 Å². The van der Waals surface area contributed by atoms with Gasteiger partial charge in [-0.25, -0.2) is 17.6 Å². The van der Waals surface area contributed by atoms with Crippen molar-refractivity contribution in [2.24, 2.45) is 5.10 Å². The number of hydrogen-bond acceptors (Lipinski definition) is 3. The van der Waals surface area contributed by atoms with Crippen LogP contribution < -0.4 is 5.43 Å². The van der Waals surface area contributed by atoms with Gasteiger partial charge < -0.3 is 0 Å². The molecule has 0 bridgehead atoms. The summed E-state index contributed by atoms with van der Waals surface area (Å²) >= 11 is 0. The number of nitrogens with zero attached hydrogens (tertiary/aromatic N) is 2. The zero-order chi connectivity index (χ0) is 13.8. The number of nitrogens with one attached hydrogen (secondary N) is 1. The normalized spacial score (nSPS) is 10.9. The fraction of sp³-hybridized carbons (Fsp3) is 0. The predicted molar refractivity (Wildman–Crippen MR) is 61.7 cm³/mol. The van der Waals surface area contributed by atoms with Gasteiger partial charge in [-0.05, 0) is 17.7 Å². The lowest BCUT2D eigenvalue weighted by Gasteiger charge is -2.05. The highest BCUT2D eigenvalue weighted by Crippen LogP contribution is 2.23. The molecular weight excluding hydrogens is 262 g/mol. The Hall–Kier alpha value is -2.44. The van der Waals surface area contributed by atoms with E-state index in [1.165, 1.54) is 18.6 Å². The van der Waals surface area contributed by atoms with Gasteiger partial charge in [0.2, 0.25) is 0 Å². The topological polar surface area (TPSA) is 37.3 Å². The summed E-state index contributed by atoms with van der Waals surface area (Å²) in [5, 5.41) is 3.50. The molecular formula is C12H7F4N3. The number of halogens is 4. The molecule has 1 heterocycles. The van der Waals surface area contributed by atoms with Gasteiger partial charge in [0.25, 0.3) is 0 Å². The molecule has 0 fully saturated rings. The van der Waals surface area contributed by atoms with Crippen LogP contribution in [-0.4, -0.2) is 11.2 Å². The smallest absolute Gasteiger partial charge is 0.186 e. The Morgan fingerprint density at radius 3 is 2.16 bits per heavy atom. The number of hydrogen-bond donors (Lipinski definition) is 1. The fourth-order valence-corrected chi connectivity index (χ4v) is 1.29. The van der Waals surface area contributed by atoms with Crippen molar-refractivity contribution in [3.63, 3.8) is 0 Å². The SMILES string of the molecule is Fc1cc(F)c(F)c(NN=Cc2ccncc2)c1F. The molecule has 3 nitrogen and oxygen atoms in total. The molecule has 1 aromatic carbocycles. The number of pyridine rings is 1. The molecule has 0 amide bonds. The predicted octanol–water partition coefficient (Wildman–Crippen LogP) is 3.08. The molecule has 0 saturated carbocycles. The first-order valence-electron chi connectivity index (χ1n) is 5.11. The summed E-state index contributed by atoms with van der Waals surface area (Å²) in [5.41, 5.74) is 1.54. The van der Waals surface area contributed by atoms with Crippen LogP contribution >= 0.6 is 0 Å². The largest absolute Gasteiger partial charge is 0.272 e. The second-order valence-corrected chi connectivity index (χ2v) is 3.49. The van der Waals surface area contributed by atoms with Crippen LogP contribution in [0.3, 0.4) is 0 Å². The van der Waals surface area contributed by atoms with E-state index in [1.807, 2.05) is 5.43 Å². The van der Waals surface area contributed by atoms with Crippen molar-refractivity contribution in [1.29, 1.82) is 0 Å².